The number of para-hydroxylation sites is 1. The van der Waals surface area contributed by atoms with E-state index in [0.29, 0.717) is 42.2 Å². The smallest absolute Gasteiger partial charge is 0.264 e. The summed E-state index contributed by atoms with van der Waals surface area (Å²) < 4.78 is 3.11. The van der Waals surface area contributed by atoms with Crippen molar-refractivity contribution in [2.45, 2.75) is 19.5 Å². The van der Waals surface area contributed by atoms with Crippen LogP contribution in [0.3, 0.4) is 0 Å². The van der Waals surface area contributed by atoms with Gasteiger partial charge in [0.2, 0.25) is 11.8 Å². The van der Waals surface area contributed by atoms with Gasteiger partial charge in [0.05, 0.1) is 25.2 Å². The lowest BCUT2D eigenvalue weighted by Gasteiger charge is -2.16. The zero-order valence-corrected chi connectivity index (χ0v) is 19.6. The summed E-state index contributed by atoms with van der Waals surface area (Å²) in [7, 11) is 0. The zero-order chi connectivity index (χ0) is 24.4. The van der Waals surface area contributed by atoms with Crippen molar-refractivity contribution >= 4 is 40.1 Å². The SMILES string of the molecule is O=C(NCCn1ncc2c(=O)n(Cc3cccc(Cl)c3)cnc21)C1CC(=O)N(c2ccccc2)C1. The van der Waals surface area contributed by atoms with Crippen molar-refractivity contribution in [2.24, 2.45) is 5.92 Å². The van der Waals surface area contributed by atoms with E-state index in [2.05, 4.69) is 15.4 Å². The summed E-state index contributed by atoms with van der Waals surface area (Å²) in [5.74, 6) is -0.647. The summed E-state index contributed by atoms with van der Waals surface area (Å²) in [5, 5.41) is 8.17. The van der Waals surface area contributed by atoms with Gasteiger partial charge in [0.1, 0.15) is 11.7 Å². The fourth-order valence-electron chi connectivity index (χ4n) is 4.28. The van der Waals surface area contributed by atoms with Crippen LogP contribution in [0.25, 0.3) is 11.0 Å². The molecule has 0 aliphatic carbocycles. The minimum absolute atomic E-state index is 0.0623. The molecule has 5 rings (SSSR count). The lowest BCUT2D eigenvalue weighted by molar-refractivity contribution is -0.126. The van der Waals surface area contributed by atoms with Crippen LogP contribution in [-0.4, -0.2) is 44.2 Å². The molecule has 178 valence electrons. The molecule has 0 radical (unpaired) electrons. The number of benzene rings is 2. The summed E-state index contributed by atoms with van der Waals surface area (Å²) in [4.78, 5) is 44.0. The second-order valence-corrected chi connectivity index (χ2v) is 8.88. The molecule has 2 amide bonds. The minimum Gasteiger partial charge on any atom is -0.354 e. The lowest BCUT2D eigenvalue weighted by atomic mass is 10.1. The highest BCUT2D eigenvalue weighted by atomic mass is 35.5. The maximum absolute atomic E-state index is 12.9. The number of aromatic nitrogens is 4. The Morgan fingerprint density at radius 3 is 2.74 bits per heavy atom. The van der Waals surface area contributed by atoms with Crippen molar-refractivity contribution in [1.82, 2.24) is 24.6 Å². The van der Waals surface area contributed by atoms with Crippen LogP contribution in [0.1, 0.15) is 12.0 Å². The fraction of sp³-hybridized carbons (Fsp3) is 0.240. The Kier molecular flexibility index (Phi) is 6.33. The van der Waals surface area contributed by atoms with Gasteiger partial charge in [-0.15, -0.1) is 0 Å². The molecule has 3 heterocycles. The molecule has 2 aromatic heterocycles. The Hall–Kier alpha value is -3.98. The molecule has 35 heavy (non-hydrogen) atoms. The molecule has 2 aromatic carbocycles. The average molecular weight is 491 g/mol. The van der Waals surface area contributed by atoms with Crippen molar-refractivity contribution < 1.29 is 9.59 Å². The molecule has 1 N–H and O–H groups in total. The highest BCUT2D eigenvalue weighted by Gasteiger charge is 2.34. The van der Waals surface area contributed by atoms with Crippen molar-refractivity contribution in [2.75, 3.05) is 18.0 Å². The molecule has 1 saturated heterocycles. The van der Waals surface area contributed by atoms with Crippen LogP contribution in [0, 0.1) is 5.92 Å². The van der Waals surface area contributed by atoms with E-state index in [1.165, 1.54) is 17.1 Å². The molecule has 10 heteroatoms. The second-order valence-electron chi connectivity index (χ2n) is 8.44. The van der Waals surface area contributed by atoms with E-state index in [0.717, 1.165) is 11.3 Å². The first-order chi connectivity index (χ1) is 17.0. The third-order valence-corrected chi connectivity index (χ3v) is 6.29. The molecule has 1 fully saturated rings. The number of fused-ring (bicyclic) bond motifs is 1. The molecule has 0 bridgehead atoms. The number of carbonyl (C=O) groups is 2. The molecule has 1 atom stereocenters. The van der Waals surface area contributed by atoms with Crippen LogP contribution in [0.2, 0.25) is 5.02 Å². The van der Waals surface area contributed by atoms with Gasteiger partial charge in [-0.1, -0.05) is 41.9 Å². The number of rotatable bonds is 7. The van der Waals surface area contributed by atoms with Crippen LogP contribution in [-0.2, 0) is 22.7 Å². The normalized spacial score (nSPS) is 15.6. The third-order valence-electron chi connectivity index (χ3n) is 6.05. The maximum atomic E-state index is 12.9. The first-order valence-electron chi connectivity index (χ1n) is 11.3. The van der Waals surface area contributed by atoms with Crippen LogP contribution in [0.15, 0.2) is 71.9 Å². The Balaban J connectivity index is 1.21. The van der Waals surface area contributed by atoms with E-state index < -0.39 is 5.92 Å². The van der Waals surface area contributed by atoms with Gasteiger partial charge in [-0.3, -0.25) is 19.0 Å². The van der Waals surface area contributed by atoms with Gasteiger partial charge in [-0.2, -0.15) is 5.10 Å². The van der Waals surface area contributed by atoms with Gasteiger partial charge in [0.15, 0.2) is 5.65 Å². The summed E-state index contributed by atoms with van der Waals surface area (Å²) in [5.41, 5.74) is 1.95. The molecule has 1 aliphatic rings. The van der Waals surface area contributed by atoms with Crippen LogP contribution in [0.5, 0.6) is 0 Å². The number of hydrogen-bond acceptors (Lipinski definition) is 5. The molecule has 0 saturated carbocycles. The number of carbonyl (C=O) groups excluding carboxylic acids is 2. The zero-order valence-electron chi connectivity index (χ0n) is 18.8. The number of amides is 2. The Labute approximate surface area is 205 Å². The predicted octanol–water partition coefficient (Wildman–Crippen LogP) is 2.46. The molecular formula is C25H23ClN6O3. The molecule has 4 aromatic rings. The minimum atomic E-state index is -0.408. The van der Waals surface area contributed by atoms with Crippen molar-refractivity contribution in [3.8, 4) is 0 Å². The maximum Gasteiger partial charge on any atom is 0.264 e. The van der Waals surface area contributed by atoms with E-state index in [9.17, 15) is 14.4 Å². The average Bonchev–Trinajstić information content (AvgIpc) is 3.45. The monoisotopic (exact) mass is 490 g/mol. The summed E-state index contributed by atoms with van der Waals surface area (Å²) in [6.45, 7) is 1.36. The van der Waals surface area contributed by atoms with Crippen molar-refractivity contribution in [3.63, 3.8) is 0 Å². The Bertz CT molecular complexity index is 1450. The fourth-order valence-corrected chi connectivity index (χ4v) is 4.49. The van der Waals surface area contributed by atoms with Crippen LogP contribution >= 0.6 is 11.6 Å². The van der Waals surface area contributed by atoms with Gasteiger partial charge in [-0.25, -0.2) is 9.67 Å². The Morgan fingerprint density at radius 1 is 1.11 bits per heavy atom. The van der Waals surface area contributed by atoms with E-state index in [-0.39, 0.29) is 23.8 Å². The summed E-state index contributed by atoms with van der Waals surface area (Å²) in [6, 6.07) is 16.6. The third kappa shape index (κ3) is 4.81. The molecule has 1 aliphatic heterocycles. The van der Waals surface area contributed by atoms with Crippen molar-refractivity contribution in [3.05, 3.63) is 88.1 Å². The van der Waals surface area contributed by atoms with E-state index in [1.807, 2.05) is 42.5 Å². The van der Waals surface area contributed by atoms with E-state index >= 15 is 0 Å². The molecule has 1 unspecified atom stereocenters. The molecule has 9 nitrogen and oxygen atoms in total. The number of nitrogens with one attached hydrogen (secondary N) is 1. The van der Waals surface area contributed by atoms with Gasteiger partial charge < -0.3 is 10.2 Å². The summed E-state index contributed by atoms with van der Waals surface area (Å²) >= 11 is 6.04. The molecule has 0 spiro atoms. The van der Waals surface area contributed by atoms with Gasteiger partial charge >= 0.3 is 0 Å². The van der Waals surface area contributed by atoms with Gasteiger partial charge in [0, 0.05) is 30.2 Å². The Morgan fingerprint density at radius 2 is 1.94 bits per heavy atom. The first kappa shape index (κ1) is 22.8. The largest absolute Gasteiger partial charge is 0.354 e. The quantitative estimate of drug-likeness (QED) is 0.429. The predicted molar refractivity (Wildman–Crippen MR) is 132 cm³/mol. The number of nitrogens with zero attached hydrogens (tertiary/aromatic N) is 5. The first-order valence-corrected chi connectivity index (χ1v) is 11.7. The van der Waals surface area contributed by atoms with Crippen molar-refractivity contribution in [1.29, 1.82) is 0 Å². The molecular weight excluding hydrogens is 468 g/mol. The van der Waals surface area contributed by atoms with Gasteiger partial charge in [0.25, 0.3) is 5.56 Å². The second kappa shape index (κ2) is 9.71. The van der Waals surface area contributed by atoms with Gasteiger partial charge in [-0.05, 0) is 29.8 Å². The van der Waals surface area contributed by atoms with E-state index in [4.69, 9.17) is 11.6 Å². The lowest BCUT2D eigenvalue weighted by Crippen LogP contribution is -2.35. The number of halogens is 1. The summed E-state index contributed by atoms with van der Waals surface area (Å²) in [6.07, 6.45) is 3.16. The number of anilines is 1. The van der Waals surface area contributed by atoms with Crippen LogP contribution in [0.4, 0.5) is 5.69 Å². The highest BCUT2D eigenvalue weighted by Crippen LogP contribution is 2.24. The van der Waals surface area contributed by atoms with E-state index in [1.54, 1.807) is 21.7 Å². The standard InChI is InChI=1S/C25H23ClN6O3/c26-19-6-4-5-17(11-19)14-30-16-28-23-21(25(30)35)13-29-32(23)10-9-27-24(34)18-12-22(33)31(15-18)20-7-2-1-3-8-20/h1-8,11,13,16,18H,9-10,12,14-15H2,(H,27,34). The highest BCUT2D eigenvalue weighted by molar-refractivity contribution is 6.30. The van der Waals surface area contributed by atoms with Crippen LogP contribution < -0.4 is 15.8 Å². The topological polar surface area (TPSA) is 102 Å². The number of hydrogen-bond donors (Lipinski definition) is 1.